The zero-order chi connectivity index (χ0) is 14.9. The molecule has 0 aromatic heterocycles. The summed E-state index contributed by atoms with van der Waals surface area (Å²) in [6.45, 7) is 6.36. The van der Waals surface area contributed by atoms with E-state index in [1.165, 1.54) is 70.6 Å². The second kappa shape index (κ2) is 9.84. The molecule has 2 unspecified atom stereocenters. The van der Waals surface area contributed by atoms with Crippen LogP contribution in [0.2, 0.25) is 0 Å². The van der Waals surface area contributed by atoms with Gasteiger partial charge in [0, 0.05) is 12.6 Å². The van der Waals surface area contributed by atoms with Crippen molar-refractivity contribution in [1.29, 1.82) is 0 Å². The van der Waals surface area contributed by atoms with Crippen LogP contribution in [0, 0.1) is 11.8 Å². The van der Waals surface area contributed by atoms with Crippen molar-refractivity contribution in [2.45, 2.75) is 96.6 Å². The summed E-state index contributed by atoms with van der Waals surface area (Å²) in [7, 11) is 0. The van der Waals surface area contributed by atoms with Gasteiger partial charge in [0.1, 0.15) is 0 Å². The molecule has 2 saturated carbocycles. The van der Waals surface area contributed by atoms with E-state index in [2.05, 4.69) is 19.2 Å². The van der Waals surface area contributed by atoms with Crippen LogP contribution >= 0.6 is 0 Å². The smallest absolute Gasteiger partial charge is 0.0756 e. The van der Waals surface area contributed by atoms with Gasteiger partial charge >= 0.3 is 0 Å². The van der Waals surface area contributed by atoms with E-state index in [1.807, 2.05) is 0 Å². The van der Waals surface area contributed by atoms with Crippen LogP contribution in [0.5, 0.6) is 0 Å². The third-order valence-electron chi connectivity index (χ3n) is 5.65. The lowest BCUT2D eigenvalue weighted by atomic mass is 9.78. The molecule has 0 aliphatic heterocycles. The van der Waals surface area contributed by atoms with Gasteiger partial charge in [-0.25, -0.2) is 0 Å². The van der Waals surface area contributed by atoms with E-state index < -0.39 is 0 Å². The highest BCUT2D eigenvalue weighted by Crippen LogP contribution is 2.34. The molecule has 2 rings (SSSR count). The minimum Gasteiger partial charge on any atom is -0.377 e. The Morgan fingerprint density at radius 1 is 0.905 bits per heavy atom. The van der Waals surface area contributed by atoms with E-state index in [4.69, 9.17) is 4.74 Å². The number of likely N-dealkylation sites (N-methyl/N-ethyl adjacent to an activating group) is 1. The summed E-state index contributed by atoms with van der Waals surface area (Å²) in [6, 6.07) is 0.584. The Morgan fingerprint density at radius 3 is 2.10 bits per heavy atom. The third-order valence-corrected chi connectivity index (χ3v) is 5.65. The molecule has 0 saturated heterocycles. The lowest BCUT2D eigenvalue weighted by Crippen LogP contribution is -2.47. The molecule has 2 heteroatoms. The molecule has 0 aromatic rings. The SMILES string of the molecule is CCNC(CC1CCCCC1)C(OCC)C1CCCCC1. The molecule has 0 radical (unpaired) electrons. The van der Waals surface area contributed by atoms with Crippen molar-refractivity contribution in [1.82, 2.24) is 5.32 Å². The highest BCUT2D eigenvalue weighted by Gasteiger charge is 2.32. The van der Waals surface area contributed by atoms with E-state index >= 15 is 0 Å². The standard InChI is InChI=1S/C19H37NO/c1-3-20-18(15-16-11-7-5-8-12-16)19(21-4-2)17-13-9-6-10-14-17/h16-20H,3-15H2,1-2H3. The molecule has 2 aliphatic rings. The van der Waals surface area contributed by atoms with Gasteiger partial charge in [0.05, 0.1) is 6.10 Å². The molecule has 21 heavy (non-hydrogen) atoms. The van der Waals surface area contributed by atoms with Gasteiger partial charge in [0.15, 0.2) is 0 Å². The first-order valence-corrected chi connectivity index (χ1v) is 9.70. The molecule has 2 atom stereocenters. The van der Waals surface area contributed by atoms with Crippen molar-refractivity contribution in [2.75, 3.05) is 13.2 Å². The highest BCUT2D eigenvalue weighted by molar-refractivity contribution is 4.87. The van der Waals surface area contributed by atoms with Crippen LogP contribution in [0.1, 0.15) is 84.5 Å². The lowest BCUT2D eigenvalue weighted by molar-refractivity contribution is -0.0234. The average molecular weight is 296 g/mol. The fourth-order valence-electron chi connectivity index (χ4n) is 4.61. The van der Waals surface area contributed by atoms with Crippen molar-refractivity contribution < 1.29 is 4.74 Å². The molecule has 1 N–H and O–H groups in total. The van der Waals surface area contributed by atoms with Gasteiger partial charge in [-0.05, 0) is 44.6 Å². The van der Waals surface area contributed by atoms with Gasteiger partial charge in [0.2, 0.25) is 0 Å². The number of hydrogen-bond acceptors (Lipinski definition) is 2. The zero-order valence-electron chi connectivity index (χ0n) is 14.4. The second-order valence-electron chi connectivity index (χ2n) is 7.22. The van der Waals surface area contributed by atoms with Crippen molar-refractivity contribution in [3.05, 3.63) is 0 Å². The van der Waals surface area contributed by atoms with Gasteiger partial charge in [-0.3, -0.25) is 0 Å². The Labute approximate surface area is 132 Å². The molecular formula is C19H37NO. The van der Waals surface area contributed by atoms with Crippen LogP contribution in [-0.2, 0) is 4.74 Å². The van der Waals surface area contributed by atoms with Crippen LogP contribution < -0.4 is 5.32 Å². The largest absolute Gasteiger partial charge is 0.377 e. The maximum Gasteiger partial charge on any atom is 0.0756 e. The van der Waals surface area contributed by atoms with Crippen molar-refractivity contribution in [2.24, 2.45) is 11.8 Å². The Balaban J connectivity index is 1.95. The maximum atomic E-state index is 6.28. The molecule has 0 heterocycles. The maximum absolute atomic E-state index is 6.28. The highest BCUT2D eigenvalue weighted by atomic mass is 16.5. The number of ether oxygens (including phenoxy) is 1. The summed E-state index contributed by atoms with van der Waals surface area (Å²) in [5.41, 5.74) is 0. The fraction of sp³-hybridized carbons (Fsp3) is 1.00. The predicted octanol–water partition coefficient (Wildman–Crippen LogP) is 4.92. The monoisotopic (exact) mass is 295 g/mol. The number of hydrogen-bond donors (Lipinski definition) is 1. The number of nitrogens with one attached hydrogen (secondary N) is 1. The molecular weight excluding hydrogens is 258 g/mol. The summed E-state index contributed by atoms with van der Waals surface area (Å²) in [5, 5.41) is 3.79. The first-order valence-electron chi connectivity index (χ1n) is 9.70. The molecule has 0 bridgehead atoms. The van der Waals surface area contributed by atoms with Crippen LogP contribution in [0.25, 0.3) is 0 Å². The quantitative estimate of drug-likeness (QED) is 0.686. The van der Waals surface area contributed by atoms with E-state index in [9.17, 15) is 0 Å². The Kier molecular flexibility index (Phi) is 8.10. The van der Waals surface area contributed by atoms with E-state index in [0.717, 1.165) is 25.0 Å². The third kappa shape index (κ3) is 5.56. The molecule has 0 aromatic carbocycles. The normalized spacial score (nSPS) is 24.9. The lowest BCUT2D eigenvalue weighted by Gasteiger charge is -2.38. The Morgan fingerprint density at radius 2 is 1.52 bits per heavy atom. The van der Waals surface area contributed by atoms with Gasteiger partial charge in [0.25, 0.3) is 0 Å². The second-order valence-corrected chi connectivity index (χ2v) is 7.22. The number of rotatable bonds is 8. The summed E-state index contributed by atoms with van der Waals surface area (Å²) < 4.78 is 6.28. The molecule has 124 valence electrons. The predicted molar refractivity (Wildman–Crippen MR) is 90.6 cm³/mol. The van der Waals surface area contributed by atoms with E-state index in [0.29, 0.717) is 12.1 Å². The van der Waals surface area contributed by atoms with Crippen LogP contribution in [0.4, 0.5) is 0 Å². The first-order chi connectivity index (χ1) is 10.3. The Hall–Kier alpha value is -0.0800. The molecule has 2 nitrogen and oxygen atoms in total. The average Bonchev–Trinajstić information content (AvgIpc) is 2.54. The van der Waals surface area contributed by atoms with Gasteiger partial charge in [-0.2, -0.15) is 0 Å². The summed E-state index contributed by atoms with van der Waals surface area (Å²) in [4.78, 5) is 0. The fourth-order valence-corrected chi connectivity index (χ4v) is 4.61. The summed E-state index contributed by atoms with van der Waals surface area (Å²) >= 11 is 0. The van der Waals surface area contributed by atoms with Crippen molar-refractivity contribution in [3.8, 4) is 0 Å². The molecule has 2 fully saturated rings. The minimum absolute atomic E-state index is 0.456. The van der Waals surface area contributed by atoms with Crippen LogP contribution in [0.15, 0.2) is 0 Å². The van der Waals surface area contributed by atoms with Crippen LogP contribution in [-0.4, -0.2) is 25.3 Å². The van der Waals surface area contributed by atoms with Crippen molar-refractivity contribution in [3.63, 3.8) is 0 Å². The van der Waals surface area contributed by atoms with Crippen LogP contribution in [0.3, 0.4) is 0 Å². The minimum atomic E-state index is 0.456. The summed E-state index contributed by atoms with van der Waals surface area (Å²) in [6.07, 6.45) is 16.1. The molecule has 0 spiro atoms. The van der Waals surface area contributed by atoms with E-state index in [-0.39, 0.29) is 0 Å². The van der Waals surface area contributed by atoms with Gasteiger partial charge < -0.3 is 10.1 Å². The van der Waals surface area contributed by atoms with Gasteiger partial charge in [-0.1, -0.05) is 58.3 Å². The Bertz CT molecular complexity index is 256. The van der Waals surface area contributed by atoms with E-state index in [1.54, 1.807) is 0 Å². The first kappa shape index (κ1) is 17.3. The van der Waals surface area contributed by atoms with Crippen molar-refractivity contribution >= 4 is 0 Å². The van der Waals surface area contributed by atoms with Gasteiger partial charge in [-0.15, -0.1) is 0 Å². The molecule has 2 aliphatic carbocycles. The molecule has 0 amide bonds. The summed E-state index contributed by atoms with van der Waals surface area (Å²) in [5.74, 6) is 1.74. The zero-order valence-corrected chi connectivity index (χ0v) is 14.4. The topological polar surface area (TPSA) is 21.3 Å².